The van der Waals surface area contributed by atoms with E-state index in [1.54, 1.807) is 6.20 Å². The Labute approximate surface area is 113 Å². The molecule has 0 atom stereocenters. The number of benzene rings is 1. The van der Waals surface area contributed by atoms with Gasteiger partial charge in [0.05, 0.1) is 17.4 Å². The van der Waals surface area contributed by atoms with Gasteiger partial charge >= 0.3 is 0 Å². The van der Waals surface area contributed by atoms with Crippen LogP contribution in [0.1, 0.15) is 10.4 Å². The lowest BCUT2D eigenvalue weighted by Gasteiger charge is -2.07. The Balaban J connectivity index is 2.05. The van der Waals surface area contributed by atoms with Crippen molar-refractivity contribution in [1.29, 1.82) is 0 Å². The first-order valence-electron chi connectivity index (χ1n) is 5.59. The van der Waals surface area contributed by atoms with E-state index in [0.717, 1.165) is 10.8 Å². The molecule has 0 unspecified atom stereocenters. The number of carbonyl (C=O) groups is 1. The molecule has 0 aliphatic heterocycles. The summed E-state index contributed by atoms with van der Waals surface area (Å²) in [7, 11) is 0. The van der Waals surface area contributed by atoms with Gasteiger partial charge in [-0.1, -0.05) is 35.9 Å². The number of rotatable bonds is 2. The maximum absolute atomic E-state index is 12.2. The molecule has 94 valence electrons. The van der Waals surface area contributed by atoms with Gasteiger partial charge in [-0.15, -0.1) is 0 Å². The molecule has 3 aromatic rings. The van der Waals surface area contributed by atoms with Crippen molar-refractivity contribution in [3.8, 4) is 0 Å². The minimum absolute atomic E-state index is 0.248. The summed E-state index contributed by atoms with van der Waals surface area (Å²) in [6, 6.07) is 7.38. The van der Waals surface area contributed by atoms with E-state index in [9.17, 15) is 4.79 Å². The van der Waals surface area contributed by atoms with Crippen molar-refractivity contribution in [3.63, 3.8) is 0 Å². The largest absolute Gasteiger partial charge is 0.319 e. The fraction of sp³-hybridized carbons (Fsp3) is 0. The Bertz CT molecular complexity index is 739. The summed E-state index contributed by atoms with van der Waals surface area (Å²) in [5, 5.41) is 11.0. The average Bonchev–Trinajstić information content (AvgIpc) is 2.92. The average molecular weight is 273 g/mol. The molecule has 1 aromatic carbocycles. The molecule has 6 heteroatoms. The molecule has 2 aromatic heterocycles. The van der Waals surface area contributed by atoms with E-state index in [4.69, 9.17) is 11.6 Å². The zero-order valence-corrected chi connectivity index (χ0v) is 10.5. The van der Waals surface area contributed by atoms with Gasteiger partial charge in [0.1, 0.15) is 5.15 Å². The van der Waals surface area contributed by atoms with Crippen LogP contribution >= 0.6 is 11.6 Å². The number of H-pyrrole nitrogens is 1. The van der Waals surface area contributed by atoms with Gasteiger partial charge in [-0.2, -0.15) is 5.10 Å². The summed E-state index contributed by atoms with van der Waals surface area (Å²) in [6.07, 6.45) is 4.60. The molecule has 0 spiro atoms. The van der Waals surface area contributed by atoms with Gasteiger partial charge in [0.25, 0.3) is 5.91 Å². The highest BCUT2D eigenvalue weighted by molar-refractivity contribution is 6.35. The molecule has 0 radical (unpaired) electrons. The van der Waals surface area contributed by atoms with Gasteiger partial charge in [0.2, 0.25) is 0 Å². The van der Waals surface area contributed by atoms with Crippen LogP contribution in [0.25, 0.3) is 10.8 Å². The van der Waals surface area contributed by atoms with Crippen LogP contribution in [-0.4, -0.2) is 21.1 Å². The van der Waals surface area contributed by atoms with E-state index in [-0.39, 0.29) is 5.91 Å². The zero-order valence-electron chi connectivity index (χ0n) is 9.72. The van der Waals surface area contributed by atoms with Crippen LogP contribution in [0.3, 0.4) is 0 Å². The molecule has 2 N–H and O–H groups in total. The van der Waals surface area contributed by atoms with Crippen LogP contribution in [0.2, 0.25) is 5.15 Å². The van der Waals surface area contributed by atoms with E-state index in [1.165, 1.54) is 12.4 Å². The van der Waals surface area contributed by atoms with Gasteiger partial charge in [-0.05, 0) is 5.39 Å². The number of amides is 1. The smallest absolute Gasteiger partial charge is 0.257 e. The van der Waals surface area contributed by atoms with Crippen LogP contribution in [-0.2, 0) is 0 Å². The third-order valence-corrected chi connectivity index (χ3v) is 3.05. The lowest BCUT2D eigenvalue weighted by atomic mass is 10.1. The Morgan fingerprint density at radius 1 is 1.21 bits per heavy atom. The molecule has 0 bridgehead atoms. The van der Waals surface area contributed by atoms with Crippen LogP contribution in [0.15, 0.2) is 42.9 Å². The normalized spacial score (nSPS) is 10.6. The molecule has 19 heavy (non-hydrogen) atoms. The number of hydrogen-bond donors (Lipinski definition) is 2. The molecule has 0 saturated heterocycles. The third kappa shape index (κ3) is 2.15. The minimum atomic E-state index is -0.248. The molecule has 1 amide bonds. The summed E-state index contributed by atoms with van der Waals surface area (Å²) >= 11 is 6.02. The summed E-state index contributed by atoms with van der Waals surface area (Å²) in [6.45, 7) is 0. The van der Waals surface area contributed by atoms with Crippen molar-refractivity contribution in [3.05, 3.63) is 53.6 Å². The topological polar surface area (TPSA) is 70.7 Å². The predicted molar refractivity (Wildman–Crippen MR) is 73.3 cm³/mol. The van der Waals surface area contributed by atoms with Crippen molar-refractivity contribution in [1.82, 2.24) is 15.2 Å². The first kappa shape index (κ1) is 11.7. The maximum atomic E-state index is 12.2. The minimum Gasteiger partial charge on any atom is -0.319 e. The Hall–Kier alpha value is -2.40. The van der Waals surface area contributed by atoms with Crippen LogP contribution < -0.4 is 5.32 Å². The van der Waals surface area contributed by atoms with E-state index in [2.05, 4.69) is 20.5 Å². The molecule has 0 saturated carbocycles. The van der Waals surface area contributed by atoms with Crippen molar-refractivity contribution in [2.45, 2.75) is 0 Å². The lowest BCUT2D eigenvalue weighted by molar-refractivity contribution is 0.102. The number of nitrogens with one attached hydrogen (secondary N) is 2. The van der Waals surface area contributed by atoms with E-state index < -0.39 is 0 Å². The van der Waals surface area contributed by atoms with Gasteiger partial charge in [-0.3, -0.25) is 9.89 Å². The highest BCUT2D eigenvalue weighted by atomic mass is 35.5. The summed E-state index contributed by atoms with van der Waals surface area (Å²) in [4.78, 5) is 16.2. The molecule has 0 aliphatic rings. The van der Waals surface area contributed by atoms with E-state index >= 15 is 0 Å². The van der Waals surface area contributed by atoms with Crippen molar-refractivity contribution >= 4 is 34.0 Å². The second-order valence-corrected chi connectivity index (χ2v) is 4.31. The highest BCUT2D eigenvalue weighted by Gasteiger charge is 2.13. The number of fused-ring (bicyclic) bond motifs is 1. The summed E-state index contributed by atoms with van der Waals surface area (Å²) in [5.74, 6) is -0.248. The van der Waals surface area contributed by atoms with Crippen molar-refractivity contribution in [2.24, 2.45) is 0 Å². The molecule has 5 nitrogen and oxygen atoms in total. The number of aromatic nitrogens is 3. The van der Waals surface area contributed by atoms with Crippen molar-refractivity contribution < 1.29 is 4.79 Å². The lowest BCUT2D eigenvalue weighted by Crippen LogP contribution is -2.12. The zero-order chi connectivity index (χ0) is 13.2. The molecular weight excluding hydrogens is 264 g/mol. The van der Waals surface area contributed by atoms with Gasteiger partial charge < -0.3 is 5.32 Å². The van der Waals surface area contributed by atoms with Crippen LogP contribution in [0, 0.1) is 0 Å². The van der Waals surface area contributed by atoms with Crippen LogP contribution in [0.4, 0.5) is 5.69 Å². The number of pyridine rings is 1. The molecule has 2 heterocycles. The third-order valence-electron chi connectivity index (χ3n) is 2.75. The fourth-order valence-corrected chi connectivity index (χ4v) is 2.07. The predicted octanol–water partition coefficient (Wildman–Crippen LogP) is 2.86. The van der Waals surface area contributed by atoms with Crippen molar-refractivity contribution in [2.75, 3.05) is 5.32 Å². The molecular formula is C13H9ClN4O. The Kier molecular flexibility index (Phi) is 2.89. The first-order valence-corrected chi connectivity index (χ1v) is 5.97. The standard InChI is InChI=1S/C13H9ClN4O/c14-12-10-4-2-1-3-9(10)11(7-15-12)13(19)18-8-5-16-17-6-8/h1-7H,(H,16,17)(H,18,19). The van der Waals surface area contributed by atoms with Gasteiger partial charge in [0.15, 0.2) is 0 Å². The monoisotopic (exact) mass is 272 g/mol. The van der Waals surface area contributed by atoms with Crippen LogP contribution in [0.5, 0.6) is 0 Å². The summed E-state index contributed by atoms with van der Waals surface area (Å²) in [5.41, 5.74) is 1.07. The second kappa shape index (κ2) is 4.70. The SMILES string of the molecule is O=C(Nc1cn[nH]c1)c1cnc(Cl)c2ccccc12. The van der Waals surface area contributed by atoms with E-state index in [1.807, 2.05) is 24.3 Å². The Morgan fingerprint density at radius 3 is 2.74 bits per heavy atom. The molecule has 0 aliphatic carbocycles. The second-order valence-electron chi connectivity index (χ2n) is 3.95. The van der Waals surface area contributed by atoms with E-state index in [0.29, 0.717) is 16.4 Å². The Morgan fingerprint density at radius 2 is 2.00 bits per heavy atom. The number of halogens is 1. The molecule has 3 rings (SSSR count). The number of aromatic amines is 1. The summed E-state index contributed by atoms with van der Waals surface area (Å²) < 4.78 is 0. The van der Waals surface area contributed by atoms with Gasteiger partial charge in [-0.25, -0.2) is 4.98 Å². The maximum Gasteiger partial charge on any atom is 0.257 e. The number of hydrogen-bond acceptors (Lipinski definition) is 3. The quantitative estimate of drug-likeness (QED) is 0.705. The highest BCUT2D eigenvalue weighted by Crippen LogP contribution is 2.24. The molecule has 0 fully saturated rings. The fourth-order valence-electron chi connectivity index (χ4n) is 1.86. The van der Waals surface area contributed by atoms with Gasteiger partial charge in [0, 0.05) is 17.8 Å². The number of carbonyl (C=O) groups excluding carboxylic acids is 1. The number of anilines is 1. The number of nitrogens with zero attached hydrogens (tertiary/aromatic N) is 2. The first-order chi connectivity index (χ1) is 9.25.